The minimum atomic E-state index is -3.04. The van der Waals surface area contributed by atoms with Crippen molar-refractivity contribution >= 4 is 15.9 Å². The number of carbonyl (C=O) groups excluding carboxylic acids is 1. The Kier molecular flexibility index (Phi) is 4.24. The van der Waals surface area contributed by atoms with Crippen LogP contribution in [0.1, 0.15) is 25.7 Å². The van der Waals surface area contributed by atoms with E-state index >= 15 is 0 Å². The van der Waals surface area contributed by atoms with E-state index in [4.69, 9.17) is 0 Å². The fraction of sp³-hybridized carbons (Fsp3) is 0.909. The van der Waals surface area contributed by atoms with Gasteiger partial charge in [0.15, 0.2) is 0 Å². The smallest absolute Gasteiger partial charge is 0.220 e. The number of nitrogens with one attached hydrogen (secondary N) is 2. The molecule has 0 aromatic heterocycles. The number of sulfonamides is 1. The maximum Gasteiger partial charge on any atom is 0.220 e. The first-order valence-electron chi connectivity index (χ1n) is 6.43. The molecule has 18 heavy (non-hydrogen) atoms. The van der Waals surface area contributed by atoms with Gasteiger partial charge in [-0.05, 0) is 19.3 Å². The van der Waals surface area contributed by atoms with E-state index in [1.54, 1.807) is 0 Å². The number of rotatable bonds is 4. The van der Waals surface area contributed by atoms with Gasteiger partial charge in [0.1, 0.15) is 0 Å². The van der Waals surface area contributed by atoms with Gasteiger partial charge in [0, 0.05) is 38.1 Å². The van der Waals surface area contributed by atoms with Crippen molar-refractivity contribution in [2.24, 2.45) is 0 Å². The Hall–Kier alpha value is -0.660. The molecule has 2 heterocycles. The molecule has 2 aliphatic rings. The maximum atomic E-state index is 11.4. The third-order valence-electron chi connectivity index (χ3n) is 3.66. The number of nitrogens with zero attached hydrogens (tertiary/aromatic N) is 1. The zero-order valence-corrected chi connectivity index (χ0v) is 11.5. The molecule has 2 aliphatic heterocycles. The van der Waals surface area contributed by atoms with Gasteiger partial charge in [-0.2, -0.15) is 0 Å². The van der Waals surface area contributed by atoms with Crippen molar-refractivity contribution in [1.82, 2.24) is 14.9 Å². The van der Waals surface area contributed by atoms with Crippen molar-refractivity contribution in [2.75, 3.05) is 25.9 Å². The van der Waals surface area contributed by atoms with Crippen LogP contribution in [-0.2, 0) is 14.8 Å². The molecule has 1 atom stereocenters. The number of hydrogen-bond acceptors (Lipinski definition) is 4. The highest BCUT2D eigenvalue weighted by Crippen LogP contribution is 2.14. The van der Waals surface area contributed by atoms with E-state index in [2.05, 4.69) is 10.6 Å². The highest BCUT2D eigenvalue weighted by atomic mass is 32.2. The van der Waals surface area contributed by atoms with Gasteiger partial charge >= 0.3 is 0 Å². The van der Waals surface area contributed by atoms with Crippen molar-refractivity contribution in [1.29, 1.82) is 0 Å². The first kappa shape index (κ1) is 13.8. The quantitative estimate of drug-likeness (QED) is 0.710. The van der Waals surface area contributed by atoms with E-state index in [9.17, 15) is 13.2 Å². The predicted molar refractivity (Wildman–Crippen MR) is 68.6 cm³/mol. The topological polar surface area (TPSA) is 78.5 Å². The zero-order valence-electron chi connectivity index (χ0n) is 10.7. The van der Waals surface area contributed by atoms with Crippen LogP contribution in [0, 0.1) is 0 Å². The minimum Gasteiger partial charge on any atom is -0.352 e. The molecule has 6 nitrogen and oxygen atoms in total. The first-order valence-corrected chi connectivity index (χ1v) is 8.28. The molecule has 0 bridgehead atoms. The fourth-order valence-electron chi connectivity index (χ4n) is 2.53. The molecular formula is C11H21N3O3S. The van der Waals surface area contributed by atoms with Gasteiger partial charge in [-0.3, -0.25) is 4.79 Å². The molecule has 104 valence electrons. The number of piperidine rings is 1. The highest BCUT2D eigenvalue weighted by Gasteiger charge is 2.26. The van der Waals surface area contributed by atoms with Crippen molar-refractivity contribution in [3.8, 4) is 0 Å². The Labute approximate surface area is 108 Å². The van der Waals surface area contributed by atoms with Crippen molar-refractivity contribution in [3.63, 3.8) is 0 Å². The average Bonchev–Trinajstić information content (AvgIpc) is 2.72. The van der Waals surface area contributed by atoms with E-state index in [0.717, 1.165) is 25.8 Å². The molecule has 2 fully saturated rings. The van der Waals surface area contributed by atoms with Crippen LogP contribution in [0.5, 0.6) is 0 Å². The molecule has 2 rings (SSSR count). The molecule has 2 N–H and O–H groups in total. The summed E-state index contributed by atoms with van der Waals surface area (Å²) in [7, 11) is -3.04. The molecule has 1 amide bonds. The summed E-state index contributed by atoms with van der Waals surface area (Å²) in [5.74, 6) is 0.133. The largest absolute Gasteiger partial charge is 0.352 e. The summed E-state index contributed by atoms with van der Waals surface area (Å²) in [5, 5.41) is 6.34. The summed E-state index contributed by atoms with van der Waals surface area (Å²) in [6.45, 7) is 1.97. The zero-order chi connectivity index (χ0) is 13.2. The van der Waals surface area contributed by atoms with E-state index in [1.807, 2.05) is 0 Å². The SMILES string of the molecule is CS(=O)(=O)N1CCC(NCC2CCC(=O)N2)CC1. The average molecular weight is 275 g/mol. The third-order valence-corrected chi connectivity index (χ3v) is 4.96. The normalized spacial score (nSPS) is 27.4. The lowest BCUT2D eigenvalue weighted by Gasteiger charge is -2.31. The second-order valence-corrected chi connectivity index (χ2v) is 7.13. The predicted octanol–water partition coefficient (Wildman–Crippen LogP) is -0.721. The van der Waals surface area contributed by atoms with Gasteiger partial charge in [-0.15, -0.1) is 0 Å². The minimum absolute atomic E-state index is 0.133. The number of amides is 1. The number of hydrogen-bond donors (Lipinski definition) is 2. The molecule has 0 radical (unpaired) electrons. The first-order chi connectivity index (χ1) is 8.45. The number of carbonyl (C=O) groups is 1. The van der Waals surface area contributed by atoms with E-state index < -0.39 is 10.0 Å². The van der Waals surface area contributed by atoms with Gasteiger partial charge in [0.2, 0.25) is 15.9 Å². The van der Waals surface area contributed by atoms with Gasteiger partial charge in [0.25, 0.3) is 0 Å². The van der Waals surface area contributed by atoms with Crippen LogP contribution in [-0.4, -0.2) is 56.6 Å². The van der Waals surface area contributed by atoms with Crippen LogP contribution >= 0.6 is 0 Å². The summed E-state index contributed by atoms with van der Waals surface area (Å²) in [6, 6.07) is 0.603. The second kappa shape index (κ2) is 5.54. The Morgan fingerprint density at radius 2 is 2.00 bits per heavy atom. The lowest BCUT2D eigenvalue weighted by Crippen LogP contribution is -2.47. The summed E-state index contributed by atoms with van der Waals surface area (Å²) >= 11 is 0. The van der Waals surface area contributed by atoms with Crippen LogP contribution in [0.2, 0.25) is 0 Å². The van der Waals surface area contributed by atoms with E-state index in [-0.39, 0.29) is 11.9 Å². The molecular weight excluding hydrogens is 254 g/mol. The van der Waals surface area contributed by atoms with E-state index in [1.165, 1.54) is 10.6 Å². The summed E-state index contributed by atoms with van der Waals surface area (Å²) in [5.41, 5.74) is 0. The van der Waals surface area contributed by atoms with Gasteiger partial charge < -0.3 is 10.6 Å². The maximum absolute atomic E-state index is 11.4. The van der Waals surface area contributed by atoms with Crippen LogP contribution in [0.25, 0.3) is 0 Å². The second-order valence-electron chi connectivity index (χ2n) is 5.15. The molecule has 7 heteroatoms. The van der Waals surface area contributed by atoms with Crippen LogP contribution in [0.4, 0.5) is 0 Å². The molecule has 2 saturated heterocycles. The monoisotopic (exact) mass is 275 g/mol. The van der Waals surface area contributed by atoms with Crippen molar-refractivity contribution in [3.05, 3.63) is 0 Å². The fourth-order valence-corrected chi connectivity index (χ4v) is 3.41. The highest BCUT2D eigenvalue weighted by molar-refractivity contribution is 7.88. The molecule has 1 unspecified atom stereocenters. The molecule has 0 spiro atoms. The Bertz CT molecular complexity index is 402. The van der Waals surface area contributed by atoms with Crippen LogP contribution in [0.15, 0.2) is 0 Å². The summed E-state index contributed by atoms with van der Waals surface area (Å²) in [6.07, 6.45) is 4.46. The Morgan fingerprint density at radius 1 is 1.33 bits per heavy atom. The van der Waals surface area contributed by atoms with Gasteiger partial charge in [-0.1, -0.05) is 0 Å². The van der Waals surface area contributed by atoms with Crippen molar-refractivity contribution in [2.45, 2.75) is 37.8 Å². The Balaban J connectivity index is 1.69. The van der Waals surface area contributed by atoms with Crippen LogP contribution in [0.3, 0.4) is 0 Å². The van der Waals surface area contributed by atoms with E-state index in [0.29, 0.717) is 25.6 Å². The lowest BCUT2D eigenvalue weighted by atomic mass is 10.1. The molecule has 0 aliphatic carbocycles. The Morgan fingerprint density at radius 3 is 2.50 bits per heavy atom. The summed E-state index contributed by atoms with van der Waals surface area (Å²) in [4.78, 5) is 11.0. The molecule has 0 aromatic carbocycles. The summed E-state index contributed by atoms with van der Waals surface area (Å²) < 4.78 is 24.2. The lowest BCUT2D eigenvalue weighted by molar-refractivity contribution is -0.119. The van der Waals surface area contributed by atoms with Gasteiger partial charge in [0.05, 0.1) is 6.26 Å². The van der Waals surface area contributed by atoms with Crippen molar-refractivity contribution < 1.29 is 13.2 Å². The molecule has 0 aromatic rings. The molecule has 0 saturated carbocycles. The standard InChI is InChI=1S/C11H21N3O3S/c1-18(16,17)14-6-4-9(5-7-14)12-8-10-2-3-11(15)13-10/h9-10,12H,2-8H2,1H3,(H,13,15). The van der Waals surface area contributed by atoms with Gasteiger partial charge in [-0.25, -0.2) is 12.7 Å². The third kappa shape index (κ3) is 3.66. The van der Waals surface area contributed by atoms with Crippen LogP contribution < -0.4 is 10.6 Å².